The van der Waals surface area contributed by atoms with Crippen molar-refractivity contribution in [1.82, 2.24) is 19.8 Å². The molecule has 0 unspecified atom stereocenters. The first-order chi connectivity index (χ1) is 11.1. The van der Waals surface area contributed by atoms with Crippen LogP contribution in [0.25, 0.3) is 11.4 Å². The van der Waals surface area contributed by atoms with E-state index >= 15 is 0 Å². The van der Waals surface area contributed by atoms with Gasteiger partial charge < -0.3 is 15.2 Å². The molecule has 8 heteroatoms. The molecule has 0 aromatic carbocycles. The average molecular weight is 335 g/mol. The van der Waals surface area contributed by atoms with E-state index in [1.54, 1.807) is 12.3 Å². The third-order valence-electron chi connectivity index (χ3n) is 4.23. The summed E-state index contributed by atoms with van der Waals surface area (Å²) in [4.78, 5) is 14.2. The fourth-order valence-corrected chi connectivity index (χ4v) is 3.41. The SMILES string of the molecule is Cc1occc1-c1nnc(SCC(=O)N2CCC(C)CC2)n1N. The molecule has 0 radical (unpaired) electrons. The molecule has 23 heavy (non-hydrogen) atoms. The lowest BCUT2D eigenvalue weighted by Gasteiger charge is -2.30. The zero-order valence-corrected chi connectivity index (χ0v) is 14.2. The number of carbonyl (C=O) groups is 1. The van der Waals surface area contributed by atoms with Gasteiger partial charge in [-0.05, 0) is 31.7 Å². The molecule has 1 aliphatic rings. The number of likely N-dealkylation sites (tertiary alicyclic amines) is 1. The predicted molar refractivity (Wildman–Crippen MR) is 88.3 cm³/mol. The molecule has 2 aromatic rings. The van der Waals surface area contributed by atoms with Crippen LogP contribution in [0.1, 0.15) is 25.5 Å². The molecule has 1 fully saturated rings. The van der Waals surface area contributed by atoms with Crippen LogP contribution < -0.4 is 5.84 Å². The Bertz CT molecular complexity index is 688. The van der Waals surface area contributed by atoms with Gasteiger partial charge >= 0.3 is 0 Å². The molecule has 124 valence electrons. The first-order valence-electron chi connectivity index (χ1n) is 7.71. The van der Waals surface area contributed by atoms with Crippen LogP contribution in [0.5, 0.6) is 0 Å². The Morgan fingerprint density at radius 2 is 2.17 bits per heavy atom. The van der Waals surface area contributed by atoms with Crippen molar-refractivity contribution in [2.24, 2.45) is 5.92 Å². The highest BCUT2D eigenvalue weighted by Gasteiger charge is 2.22. The summed E-state index contributed by atoms with van der Waals surface area (Å²) in [5.41, 5.74) is 0.809. The van der Waals surface area contributed by atoms with Gasteiger partial charge in [-0.3, -0.25) is 4.79 Å². The molecule has 1 aliphatic heterocycles. The van der Waals surface area contributed by atoms with Gasteiger partial charge in [0, 0.05) is 13.1 Å². The predicted octanol–water partition coefficient (Wildman–Crippen LogP) is 1.91. The number of nitrogens with two attached hydrogens (primary N) is 1. The van der Waals surface area contributed by atoms with Crippen molar-refractivity contribution in [3.63, 3.8) is 0 Å². The summed E-state index contributed by atoms with van der Waals surface area (Å²) in [6.45, 7) is 5.76. The highest BCUT2D eigenvalue weighted by Crippen LogP contribution is 2.25. The van der Waals surface area contributed by atoms with Crippen molar-refractivity contribution < 1.29 is 9.21 Å². The lowest BCUT2D eigenvalue weighted by atomic mass is 9.99. The van der Waals surface area contributed by atoms with E-state index in [9.17, 15) is 4.79 Å². The molecule has 0 bridgehead atoms. The van der Waals surface area contributed by atoms with Crippen molar-refractivity contribution in [2.45, 2.75) is 31.8 Å². The van der Waals surface area contributed by atoms with E-state index in [2.05, 4.69) is 17.1 Å². The van der Waals surface area contributed by atoms with E-state index in [1.807, 2.05) is 11.8 Å². The number of nitrogens with zero attached hydrogens (tertiary/aromatic N) is 4. The summed E-state index contributed by atoms with van der Waals surface area (Å²) < 4.78 is 6.68. The van der Waals surface area contributed by atoms with Gasteiger partial charge in [0.2, 0.25) is 11.1 Å². The molecule has 3 heterocycles. The van der Waals surface area contributed by atoms with Crippen molar-refractivity contribution in [2.75, 3.05) is 24.7 Å². The number of aromatic nitrogens is 3. The average Bonchev–Trinajstić information content (AvgIpc) is 3.11. The van der Waals surface area contributed by atoms with Gasteiger partial charge in [0.1, 0.15) is 5.76 Å². The number of thioether (sulfide) groups is 1. The summed E-state index contributed by atoms with van der Waals surface area (Å²) in [6.07, 6.45) is 3.74. The second-order valence-electron chi connectivity index (χ2n) is 5.92. The number of furan rings is 1. The van der Waals surface area contributed by atoms with Crippen molar-refractivity contribution in [3.8, 4) is 11.4 Å². The first-order valence-corrected chi connectivity index (χ1v) is 8.70. The molecule has 1 amide bonds. The number of rotatable bonds is 4. The molecular formula is C15H21N5O2S. The van der Waals surface area contributed by atoms with Crippen molar-refractivity contribution in [3.05, 3.63) is 18.1 Å². The largest absolute Gasteiger partial charge is 0.469 e. The second-order valence-corrected chi connectivity index (χ2v) is 6.86. The molecule has 0 atom stereocenters. The normalized spacial score (nSPS) is 16.0. The van der Waals surface area contributed by atoms with Gasteiger partial charge in [-0.2, -0.15) is 0 Å². The molecule has 2 aromatic heterocycles. The molecule has 3 rings (SSSR count). The zero-order valence-electron chi connectivity index (χ0n) is 13.4. The Balaban J connectivity index is 1.62. The first kappa shape index (κ1) is 15.9. The number of hydrogen-bond donors (Lipinski definition) is 1. The van der Waals surface area contributed by atoms with E-state index in [0.29, 0.717) is 22.7 Å². The van der Waals surface area contributed by atoms with Crippen LogP contribution in [0.2, 0.25) is 0 Å². The van der Waals surface area contributed by atoms with Crippen LogP contribution in [0.3, 0.4) is 0 Å². The van der Waals surface area contributed by atoms with Crippen LogP contribution in [0.15, 0.2) is 21.9 Å². The molecule has 1 saturated heterocycles. The van der Waals surface area contributed by atoms with Gasteiger partial charge in [0.05, 0.1) is 17.6 Å². The van der Waals surface area contributed by atoms with E-state index < -0.39 is 0 Å². The Hall–Kier alpha value is -1.96. The van der Waals surface area contributed by atoms with Crippen LogP contribution in [-0.2, 0) is 4.79 Å². The van der Waals surface area contributed by atoms with E-state index in [0.717, 1.165) is 37.3 Å². The maximum Gasteiger partial charge on any atom is 0.233 e. The summed E-state index contributed by atoms with van der Waals surface area (Å²) in [7, 11) is 0. The highest BCUT2D eigenvalue weighted by molar-refractivity contribution is 7.99. The number of piperidine rings is 1. The summed E-state index contributed by atoms with van der Waals surface area (Å²) in [5.74, 6) is 8.49. The van der Waals surface area contributed by atoms with Gasteiger partial charge in [0.15, 0.2) is 5.82 Å². The quantitative estimate of drug-likeness (QED) is 0.678. The van der Waals surface area contributed by atoms with E-state index in [-0.39, 0.29) is 5.91 Å². The third kappa shape index (κ3) is 3.36. The molecular weight excluding hydrogens is 314 g/mol. The number of aryl methyl sites for hydroxylation is 1. The Kier molecular flexibility index (Phi) is 4.61. The monoisotopic (exact) mass is 335 g/mol. The van der Waals surface area contributed by atoms with Gasteiger partial charge in [0.25, 0.3) is 0 Å². The third-order valence-corrected chi connectivity index (χ3v) is 5.15. The van der Waals surface area contributed by atoms with Crippen LogP contribution in [-0.4, -0.2) is 44.5 Å². The number of hydrogen-bond acceptors (Lipinski definition) is 6. The molecule has 2 N–H and O–H groups in total. The van der Waals surface area contributed by atoms with Crippen molar-refractivity contribution in [1.29, 1.82) is 0 Å². The smallest absolute Gasteiger partial charge is 0.233 e. The lowest BCUT2D eigenvalue weighted by molar-refractivity contribution is -0.129. The maximum atomic E-state index is 12.3. The van der Waals surface area contributed by atoms with E-state index in [1.165, 1.54) is 16.4 Å². The second kappa shape index (κ2) is 6.66. The van der Waals surface area contributed by atoms with Gasteiger partial charge in [-0.1, -0.05) is 18.7 Å². The Morgan fingerprint density at radius 3 is 2.83 bits per heavy atom. The number of amides is 1. The molecule has 7 nitrogen and oxygen atoms in total. The fraction of sp³-hybridized carbons (Fsp3) is 0.533. The highest BCUT2D eigenvalue weighted by atomic mass is 32.2. The van der Waals surface area contributed by atoms with E-state index in [4.69, 9.17) is 10.3 Å². The Morgan fingerprint density at radius 1 is 1.43 bits per heavy atom. The molecule has 0 saturated carbocycles. The van der Waals surface area contributed by atoms with Crippen LogP contribution in [0, 0.1) is 12.8 Å². The molecule has 0 aliphatic carbocycles. The number of carbonyl (C=O) groups excluding carboxylic acids is 1. The summed E-state index contributed by atoms with van der Waals surface area (Å²) in [5, 5.41) is 8.71. The molecule has 0 spiro atoms. The zero-order chi connectivity index (χ0) is 16.4. The minimum atomic E-state index is 0.131. The summed E-state index contributed by atoms with van der Waals surface area (Å²) in [6, 6.07) is 1.80. The van der Waals surface area contributed by atoms with Crippen LogP contribution in [0.4, 0.5) is 0 Å². The van der Waals surface area contributed by atoms with Gasteiger partial charge in [-0.15, -0.1) is 10.2 Å². The topological polar surface area (TPSA) is 90.2 Å². The van der Waals surface area contributed by atoms with Crippen LogP contribution >= 0.6 is 11.8 Å². The fourth-order valence-electron chi connectivity index (χ4n) is 2.65. The lowest BCUT2D eigenvalue weighted by Crippen LogP contribution is -2.39. The number of nitrogen functional groups attached to an aromatic ring is 1. The van der Waals surface area contributed by atoms with Crippen molar-refractivity contribution >= 4 is 17.7 Å². The summed E-state index contributed by atoms with van der Waals surface area (Å²) >= 11 is 1.32. The Labute approximate surface area is 139 Å². The van der Waals surface area contributed by atoms with Gasteiger partial charge in [-0.25, -0.2) is 4.68 Å². The standard InChI is InChI=1S/C15H21N5O2S/c1-10-3-6-19(7-4-10)13(21)9-23-15-18-17-14(20(15)16)12-5-8-22-11(12)2/h5,8,10H,3-4,6-7,9,16H2,1-2H3. The minimum Gasteiger partial charge on any atom is -0.469 e. The maximum absolute atomic E-state index is 12.3. The minimum absolute atomic E-state index is 0.131.